The first-order chi connectivity index (χ1) is 11.6. The van der Waals surface area contributed by atoms with E-state index in [9.17, 15) is 9.59 Å². The Balaban J connectivity index is 2.26. The van der Waals surface area contributed by atoms with Crippen LogP contribution >= 0.6 is 0 Å². The Morgan fingerprint density at radius 2 is 1.92 bits per heavy atom. The van der Waals surface area contributed by atoms with Crippen LogP contribution in [0.4, 0.5) is 0 Å². The SMILES string of the molecule is CCc1ccc2oc(-c3ccccc3)c(OCC(N)=O)c(=O)c2c1. The molecular weight excluding hydrogens is 306 g/mol. The molecule has 1 heterocycles. The van der Waals surface area contributed by atoms with Crippen molar-refractivity contribution < 1.29 is 13.9 Å². The summed E-state index contributed by atoms with van der Waals surface area (Å²) in [4.78, 5) is 23.9. The van der Waals surface area contributed by atoms with E-state index in [-0.39, 0.29) is 17.8 Å². The molecule has 0 bridgehead atoms. The Hall–Kier alpha value is -3.08. The zero-order valence-corrected chi connectivity index (χ0v) is 13.2. The molecule has 0 saturated carbocycles. The summed E-state index contributed by atoms with van der Waals surface area (Å²) in [6.45, 7) is 1.62. The molecular formula is C19H17NO4. The maximum Gasteiger partial charge on any atom is 0.255 e. The van der Waals surface area contributed by atoms with Crippen LogP contribution in [0.5, 0.6) is 5.75 Å². The van der Waals surface area contributed by atoms with Crippen molar-refractivity contribution in [3.05, 3.63) is 64.3 Å². The second kappa shape index (κ2) is 6.58. The molecule has 24 heavy (non-hydrogen) atoms. The first-order valence-corrected chi connectivity index (χ1v) is 7.66. The van der Waals surface area contributed by atoms with Crippen LogP contribution in [0.2, 0.25) is 0 Å². The highest BCUT2D eigenvalue weighted by Gasteiger charge is 2.18. The highest BCUT2D eigenvalue weighted by molar-refractivity contribution is 5.83. The van der Waals surface area contributed by atoms with Crippen molar-refractivity contribution in [1.29, 1.82) is 0 Å². The van der Waals surface area contributed by atoms with Gasteiger partial charge in [-0.1, -0.05) is 43.3 Å². The summed E-state index contributed by atoms with van der Waals surface area (Å²) in [5, 5.41) is 0.425. The van der Waals surface area contributed by atoms with Crippen molar-refractivity contribution in [3.63, 3.8) is 0 Å². The molecule has 122 valence electrons. The standard InChI is InChI=1S/C19H17NO4/c1-2-12-8-9-15-14(10-12)17(22)19(23-11-16(20)21)18(24-15)13-6-4-3-5-7-13/h3-10H,2,11H2,1H3,(H2,20,21). The number of hydrogen-bond acceptors (Lipinski definition) is 4. The number of amides is 1. The molecule has 0 unspecified atom stereocenters. The highest BCUT2D eigenvalue weighted by Crippen LogP contribution is 2.31. The molecule has 0 saturated heterocycles. The average molecular weight is 323 g/mol. The smallest absolute Gasteiger partial charge is 0.255 e. The minimum absolute atomic E-state index is 0.000697. The summed E-state index contributed by atoms with van der Waals surface area (Å²) >= 11 is 0. The number of carbonyl (C=O) groups is 1. The predicted octanol–water partition coefficient (Wildman–Crippen LogP) is 2.89. The van der Waals surface area contributed by atoms with Crippen LogP contribution in [-0.4, -0.2) is 12.5 Å². The molecule has 0 radical (unpaired) electrons. The van der Waals surface area contributed by atoms with Crippen molar-refractivity contribution in [2.24, 2.45) is 5.73 Å². The monoisotopic (exact) mass is 323 g/mol. The molecule has 2 N–H and O–H groups in total. The third-order valence-corrected chi connectivity index (χ3v) is 3.72. The number of carbonyl (C=O) groups excluding carboxylic acids is 1. The fourth-order valence-corrected chi connectivity index (χ4v) is 2.50. The normalized spacial score (nSPS) is 10.7. The van der Waals surface area contributed by atoms with E-state index in [1.807, 2.05) is 43.3 Å². The van der Waals surface area contributed by atoms with Crippen LogP contribution in [0, 0.1) is 0 Å². The second-order valence-corrected chi connectivity index (χ2v) is 5.39. The summed E-state index contributed by atoms with van der Waals surface area (Å²) in [6, 6.07) is 14.6. The van der Waals surface area contributed by atoms with Crippen molar-refractivity contribution >= 4 is 16.9 Å². The fraction of sp³-hybridized carbons (Fsp3) is 0.158. The van der Waals surface area contributed by atoms with Gasteiger partial charge in [0.15, 0.2) is 12.4 Å². The van der Waals surface area contributed by atoms with Gasteiger partial charge in [-0.3, -0.25) is 9.59 Å². The summed E-state index contributed by atoms with van der Waals surface area (Å²) in [5.74, 6) is -0.366. The molecule has 3 rings (SSSR count). The van der Waals surface area contributed by atoms with Gasteiger partial charge in [0.1, 0.15) is 5.58 Å². The van der Waals surface area contributed by atoms with Crippen molar-refractivity contribution in [1.82, 2.24) is 0 Å². The highest BCUT2D eigenvalue weighted by atomic mass is 16.5. The molecule has 0 aliphatic heterocycles. The maximum absolute atomic E-state index is 12.9. The zero-order valence-electron chi connectivity index (χ0n) is 13.2. The van der Waals surface area contributed by atoms with Gasteiger partial charge in [0, 0.05) is 5.56 Å². The third kappa shape index (κ3) is 3.01. The molecule has 1 amide bonds. The third-order valence-electron chi connectivity index (χ3n) is 3.72. The van der Waals surface area contributed by atoms with Crippen LogP contribution in [0.15, 0.2) is 57.7 Å². The summed E-state index contributed by atoms with van der Waals surface area (Å²) in [5.41, 5.74) is 7.01. The Morgan fingerprint density at radius 1 is 1.17 bits per heavy atom. The number of benzene rings is 2. The lowest BCUT2D eigenvalue weighted by atomic mass is 10.1. The predicted molar refractivity (Wildman–Crippen MR) is 92.0 cm³/mol. The van der Waals surface area contributed by atoms with Gasteiger partial charge in [-0.15, -0.1) is 0 Å². The molecule has 0 fully saturated rings. The van der Waals surface area contributed by atoms with Crippen LogP contribution < -0.4 is 15.9 Å². The van der Waals surface area contributed by atoms with Gasteiger partial charge in [0.2, 0.25) is 11.2 Å². The Morgan fingerprint density at radius 3 is 2.58 bits per heavy atom. The second-order valence-electron chi connectivity index (χ2n) is 5.39. The number of primary amides is 1. The molecule has 0 aliphatic rings. The lowest BCUT2D eigenvalue weighted by molar-refractivity contribution is -0.119. The first-order valence-electron chi connectivity index (χ1n) is 7.66. The van der Waals surface area contributed by atoms with Gasteiger partial charge >= 0.3 is 0 Å². The van der Waals surface area contributed by atoms with E-state index >= 15 is 0 Å². The van der Waals surface area contributed by atoms with Gasteiger partial charge in [0.25, 0.3) is 5.91 Å². The summed E-state index contributed by atoms with van der Waals surface area (Å²) < 4.78 is 11.3. The van der Waals surface area contributed by atoms with Crippen LogP contribution in [0.3, 0.4) is 0 Å². The number of hydrogen-bond donors (Lipinski definition) is 1. The lowest BCUT2D eigenvalue weighted by Crippen LogP contribution is -2.22. The number of nitrogens with two attached hydrogens (primary N) is 1. The zero-order chi connectivity index (χ0) is 17.1. The van der Waals surface area contributed by atoms with E-state index in [0.717, 1.165) is 12.0 Å². The van der Waals surface area contributed by atoms with Crippen molar-refractivity contribution in [2.75, 3.05) is 6.61 Å². The molecule has 0 aliphatic carbocycles. The van der Waals surface area contributed by atoms with Gasteiger partial charge < -0.3 is 14.9 Å². The number of rotatable bonds is 5. The lowest BCUT2D eigenvalue weighted by Gasteiger charge is -2.11. The summed E-state index contributed by atoms with van der Waals surface area (Å²) in [7, 11) is 0. The van der Waals surface area contributed by atoms with Crippen LogP contribution in [0.1, 0.15) is 12.5 Å². The Labute approximate surface area is 138 Å². The van der Waals surface area contributed by atoms with E-state index in [1.165, 1.54) is 0 Å². The van der Waals surface area contributed by atoms with E-state index in [2.05, 4.69) is 0 Å². The number of ether oxygens (including phenoxy) is 1. The number of fused-ring (bicyclic) bond motifs is 1. The van der Waals surface area contributed by atoms with Crippen LogP contribution in [0.25, 0.3) is 22.3 Å². The quantitative estimate of drug-likeness (QED) is 0.782. The Kier molecular flexibility index (Phi) is 4.33. The van der Waals surface area contributed by atoms with Crippen molar-refractivity contribution in [2.45, 2.75) is 13.3 Å². The van der Waals surface area contributed by atoms with E-state index in [0.29, 0.717) is 22.3 Å². The molecule has 2 aromatic carbocycles. The minimum atomic E-state index is -0.657. The summed E-state index contributed by atoms with van der Waals surface area (Å²) in [6.07, 6.45) is 0.799. The van der Waals surface area contributed by atoms with Gasteiger partial charge in [-0.2, -0.15) is 0 Å². The van der Waals surface area contributed by atoms with E-state index in [4.69, 9.17) is 14.9 Å². The maximum atomic E-state index is 12.9. The molecule has 5 heteroatoms. The molecule has 0 spiro atoms. The molecule has 5 nitrogen and oxygen atoms in total. The minimum Gasteiger partial charge on any atom is -0.476 e. The van der Waals surface area contributed by atoms with Gasteiger partial charge in [-0.25, -0.2) is 0 Å². The largest absolute Gasteiger partial charge is 0.476 e. The van der Waals surface area contributed by atoms with E-state index < -0.39 is 5.91 Å². The molecule has 0 atom stereocenters. The van der Waals surface area contributed by atoms with Crippen LogP contribution in [-0.2, 0) is 11.2 Å². The molecule has 1 aromatic heterocycles. The fourth-order valence-electron chi connectivity index (χ4n) is 2.50. The number of aryl methyl sites for hydroxylation is 1. The van der Waals surface area contributed by atoms with Gasteiger partial charge in [0.05, 0.1) is 5.39 Å². The molecule has 3 aromatic rings. The van der Waals surface area contributed by atoms with Crippen molar-refractivity contribution in [3.8, 4) is 17.1 Å². The first kappa shape index (κ1) is 15.8. The van der Waals surface area contributed by atoms with E-state index in [1.54, 1.807) is 12.1 Å². The topological polar surface area (TPSA) is 82.5 Å². The Bertz CT molecular complexity index is 945. The average Bonchev–Trinajstić information content (AvgIpc) is 2.61. The van der Waals surface area contributed by atoms with Gasteiger partial charge in [-0.05, 0) is 24.1 Å².